The molecule has 1 aliphatic rings. The number of nitrogens with one attached hydrogen (secondary N) is 2. The van der Waals surface area contributed by atoms with Crippen LogP contribution in [0.5, 0.6) is 11.5 Å². The van der Waals surface area contributed by atoms with E-state index in [9.17, 15) is 0 Å². The van der Waals surface area contributed by atoms with Gasteiger partial charge in [-0.3, -0.25) is 5.43 Å². The average molecular weight is 379 g/mol. The first-order chi connectivity index (χ1) is 13.3. The van der Waals surface area contributed by atoms with E-state index in [4.69, 9.17) is 21.7 Å². The van der Waals surface area contributed by atoms with E-state index in [2.05, 4.69) is 20.9 Å². The van der Waals surface area contributed by atoms with E-state index in [0.717, 1.165) is 28.3 Å². The molecule has 1 aromatic heterocycles. The highest BCUT2D eigenvalue weighted by atomic mass is 32.1. The number of fused-ring (bicyclic) bond motifs is 1. The van der Waals surface area contributed by atoms with Gasteiger partial charge in [0.2, 0.25) is 6.79 Å². The number of nitrogens with zero attached hydrogens (tertiary/aromatic N) is 3. The van der Waals surface area contributed by atoms with E-state index >= 15 is 0 Å². The number of hydrogen-bond donors (Lipinski definition) is 2. The highest BCUT2D eigenvalue weighted by molar-refractivity contribution is 7.80. The van der Waals surface area contributed by atoms with Crippen LogP contribution in [0.15, 0.2) is 66.0 Å². The largest absolute Gasteiger partial charge is 0.454 e. The third kappa shape index (κ3) is 4.24. The first kappa shape index (κ1) is 17.0. The van der Waals surface area contributed by atoms with E-state index in [1.165, 1.54) is 0 Å². The molecule has 0 aliphatic carbocycles. The van der Waals surface area contributed by atoms with Crippen LogP contribution in [-0.2, 0) is 6.54 Å². The van der Waals surface area contributed by atoms with Gasteiger partial charge in [0.25, 0.3) is 0 Å². The van der Waals surface area contributed by atoms with Gasteiger partial charge < -0.3 is 14.8 Å². The second-order valence-electron chi connectivity index (χ2n) is 5.79. The minimum absolute atomic E-state index is 0.266. The maximum atomic E-state index is 5.36. The maximum Gasteiger partial charge on any atom is 0.231 e. The number of aromatic nitrogens is 2. The van der Waals surface area contributed by atoms with Gasteiger partial charge in [0.05, 0.1) is 18.1 Å². The van der Waals surface area contributed by atoms with Gasteiger partial charge in [-0.2, -0.15) is 10.2 Å². The number of benzene rings is 2. The Morgan fingerprint density at radius 2 is 2.04 bits per heavy atom. The monoisotopic (exact) mass is 379 g/mol. The highest BCUT2D eigenvalue weighted by Crippen LogP contribution is 2.32. The summed E-state index contributed by atoms with van der Waals surface area (Å²) in [6.07, 6.45) is 5.30. The number of rotatable bonds is 5. The first-order valence-corrected chi connectivity index (χ1v) is 8.74. The third-order valence-electron chi connectivity index (χ3n) is 3.89. The van der Waals surface area contributed by atoms with E-state index in [0.29, 0.717) is 11.7 Å². The lowest BCUT2D eigenvalue weighted by molar-refractivity contribution is 0.174. The molecule has 2 N–H and O–H groups in total. The van der Waals surface area contributed by atoms with Crippen LogP contribution in [0.4, 0.5) is 0 Å². The summed E-state index contributed by atoms with van der Waals surface area (Å²) in [6.45, 7) is 0.825. The second-order valence-corrected chi connectivity index (χ2v) is 6.20. The summed E-state index contributed by atoms with van der Waals surface area (Å²) in [4.78, 5) is 0. The average Bonchev–Trinajstić information content (AvgIpc) is 3.36. The molecule has 0 atom stereocenters. The Labute approximate surface area is 161 Å². The van der Waals surface area contributed by atoms with Crippen molar-refractivity contribution in [2.24, 2.45) is 5.10 Å². The molecule has 2 aromatic carbocycles. The van der Waals surface area contributed by atoms with Crippen LogP contribution >= 0.6 is 12.2 Å². The lowest BCUT2D eigenvalue weighted by Crippen LogP contribution is -2.31. The molecule has 0 spiro atoms. The standard InChI is InChI=1S/C19H17N5O2S/c27-19(20-9-14-6-7-17-18(8-14)26-13-25-17)23-21-10-15-11-22-24(12-15)16-4-2-1-3-5-16/h1-8,10-12H,9,13H2,(H2,20,23,27)/b21-10-. The van der Waals surface area contributed by atoms with Crippen molar-refractivity contribution in [2.45, 2.75) is 6.54 Å². The maximum absolute atomic E-state index is 5.36. The normalized spacial score (nSPS) is 12.3. The summed E-state index contributed by atoms with van der Waals surface area (Å²) in [5.41, 5.74) is 5.70. The summed E-state index contributed by atoms with van der Waals surface area (Å²) >= 11 is 5.24. The molecular formula is C19H17N5O2S. The fraction of sp³-hybridized carbons (Fsp3) is 0.105. The summed E-state index contributed by atoms with van der Waals surface area (Å²) in [5, 5.41) is 12.0. The molecule has 3 aromatic rings. The minimum Gasteiger partial charge on any atom is -0.454 e. The van der Waals surface area contributed by atoms with Crippen molar-refractivity contribution in [3.05, 3.63) is 72.1 Å². The lowest BCUT2D eigenvalue weighted by atomic mass is 10.2. The Balaban J connectivity index is 1.27. The van der Waals surface area contributed by atoms with Gasteiger partial charge in [-0.1, -0.05) is 24.3 Å². The molecule has 0 unspecified atom stereocenters. The molecule has 4 rings (SSSR count). The Bertz CT molecular complexity index is 971. The summed E-state index contributed by atoms with van der Waals surface area (Å²) in [6, 6.07) is 15.7. The van der Waals surface area contributed by atoms with Crippen molar-refractivity contribution in [3.8, 4) is 17.2 Å². The van der Waals surface area contributed by atoms with E-state index in [1.807, 2.05) is 54.7 Å². The minimum atomic E-state index is 0.266. The number of hydrazone groups is 1. The van der Waals surface area contributed by atoms with Crippen molar-refractivity contribution >= 4 is 23.5 Å². The number of thiocarbonyl (C=S) groups is 1. The van der Waals surface area contributed by atoms with Crippen LogP contribution in [0.25, 0.3) is 5.69 Å². The Kier molecular flexibility index (Phi) is 4.97. The SMILES string of the molecule is S=C(NCc1ccc2c(c1)OCO2)N/N=C\c1cnn(-c2ccccc2)c1. The Morgan fingerprint density at radius 1 is 1.19 bits per heavy atom. The molecule has 2 heterocycles. The molecule has 0 saturated carbocycles. The van der Waals surface area contributed by atoms with Gasteiger partial charge in [0.15, 0.2) is 16.6 Å². The Morgan fingerprint density at radius 3 is 2.93 bits per heavy atom. The predicted octanol–water partition coefficient (Wildman–Crippen LogP) is 2.60. The molecule has 27 heavy (non-hydrogen) atoms. The summed E-state index contributed by atoms with van der Waals surface area (Å²) in [7, 11) is 0. The molecule has 0 radical (unpaired) electrons. The van der Waals surface area contributed by atoms with Crippen molar-refractivity contribution in [2.75, 3.05) is 6.79 Å². The summed E-state index contributed by atoms with van der Waals surface area (Å²) in [5.74, 6) is 1.52. The number of hydrogen-bond acceptors (Lipinski definition) is 5. The zero-order valence-electron chi connectivity index (χ0n) is 14.3. The second kappa shape index (κ2) is 7.88. The lowest BCUT2D eigenvalue weighted by Gasteiger charge is -2.07. The van der Waals surface area contributed by atoms with Gasteiger partial charge in [-0.15, -0.1) is 0 Å². The van der Waals surface area contributed by atoms with Gasteiger partial charge >= 0.3 is 0 Å². The summed E-state index contributed by atoms with van der Waals surface area (Å²) < 4.78 is 12.5. The third-order valence-corrected chi connectivity index (χ3v) is 4.13. The van der Waals surface area contributed by atoms with Crippen LogP contribution in [0.3, 0.4) is 0 Å². The van der Waals surface area contributed by atoms with E-state index in [-0.39, 0.29) is 6.79 Å². The van der Waals surface area contributed by atoms with Crippen LogP contribution in [-0.4, -0.2) is 27.9 Å². The molecule has 1 aliphatic heterocycles. The van der Waals surface area contributed by atoms with Crippen molar-refractivity contribution in [3.63, 3.8) is 0 Å². The topological polar surface area (TPSA) is 72.7 Å². The van der Waals surface area contributed by atoms with Crippen LogP contribution in [0.2, 0.25) is 0 Å². The highest BCUT2D eigenvalue weighted by Gasteiger charge is 2.12. The number of ether oxygens (including phenoxy) is 2. The molecule has 136 valence electrons. The zero-order chi connectivity index (χ0) is 18.5. The van der Waals surface area contributed by atoms with Gasteiger partial charge in [-0.05, 0) is 42.0 Å². The first-order valence-electron chi connectivity index (χ1n) is 8.33. The van der Waals surface area contributed by atoms with Crippen LogP contribution in [0.1, 0.15) is 11.1 Å². The van der Waals surface area contributed by atoms with Crippen molar-refractivity contribution in [1.82, 2.24) is 20.5 Å². The quantitative estimate of drug-likeness (QED) is 0.403. The van der Waals surface area contributed by atoms with Crippen LogP contribution < -0.4 is 20.2 Å². The van der Waals surface area contributed by atoms with Gasteiger partial charge in [0, 0.05) is 18.3 Å². The molecule has 0 bridgehead atoms. The van der Waals surface area contributed by atoms with Crippen molar-refractivity contribution in [1.29, 1.82) is 0 Å². The van der Waals surface area contributed by atoms with Crippen molar-refractivity contribution < 1.29 is 9.47 Å². The fourth-order valence-electron chi connectivity index (χ4n) is 2.56. The molecule has 7 nitrogen and oxygen atoms in total. The molecule has 8 heteroatoms. The molecule has 0 fully saturated rings. The van der Waals surface area contributed by atoms with E-state index < -0.39 is 0 Å². The molecular weight excluding hydrogens is 362 g/mol. The zero-order valence-corrected chi connectivity index (χ0v) is 15.1. The predicted molar refractivity (Wildman–Crippen MR) is 106 cm³/mol. The van der Waals surface area contributed by atoms with E-state index in [1.54, 1.807) is 17.1 Å². The molecule has 0 saturated heterocycles. The Hall–Kier alpha value is -3.39. The van der Waals surface area contributed by atoms with Crippen LogP contribution in [0, 0.1) is 0 Å². The van der Waals surface area contributed by atoms with Gasteiger partial charge in [-0.25, -0.2) is 4.68 Å². The fourth-order valence-corrected chi connectivity index (χ4v) is 2.69. The number of para-hydroxylation sites is 1. The molecule has 0 amide bonds. The van der Waals surface area contributed by atoms with Gasteiger partial charge in [0.1, 0.15) is 0 Å². The smallest absolute Gasteiger partial charge is 0.231 e.